The van der Waals surface area contributed by atoms with Crippen LogP contribution in [0.25, 0.3) is 5.69 Å². The zero-order valence-electron chi connectivity index (χ0n) is 15.7. The molecule has 3 aromatic rings. The predicted octanol–water partition coefficient (Wildman–Crippen LogP) is 2.94. The van der Waals surface area contributed by atoms with E-state index in [0.717, 1.165) is 22.6 Å². The van der Waals surface area contributed by atoms with Crippen molar-refractivity contribution in [3.63, 3.8) is 0 Å². The summed E-state index contributed by atoms with van der Waals surface area (Å²) in [6.45, 7) is 5.02. The normalized spacial score (nSPS) is 12.9. The Kier molecular flexibility index (Phi) is 4.77. The lowest BCUT2D eigenvalue weighted by atomic mass is 10.2. The van der Waals surface area contributed by atoms with Crippen LogP contribution in [-0.2, 0) is 24.5 Å². The number of hydrogen-bond donors (Lipinski definition) is 0. The average Bonchev–Trinajstić information content (AvgIpc) is 3.29. The molecular formula is C20H20FN5O2. The number of aryl methyl sites for hydroxylation is 1. The summed E-state index contributed by atoms with van der Waals surface area (Å²) in [5, 5.41) is 8.22. The van der Waals surface area contributed by atoms with Crippen LogP contribution in [0, 0.1) is 12.7 Å². The number of halogens is 1. The summed E-state index contributed by atoms with van der Waals surface area (Å²) in [7, 11) is 0. The van der Waals surface area contributed by atoms with Gasteiger partial charge in [0.1, 0.15) is 18.1 Å². The second kappa shape index (κ2) is 7.38. The van der Waals surface area contributed by atoms with Crippen molar-refractivity contribution in [2.24, 2.45) is 0 Å². The molecule has 7 nitrogen and oxygen atoms in total. The molecular weight excluding hydrogens is 361 g/mol. The van der Waals surface area contributed by atoms with E-state index in [1.807, 2.05) is 19.9 Å². The number of pyridine rings is 1. The van der Waals surface area contributed by atoms with E-state index in [1.54, 1.807) is 27.8 Å². The molecule has 8 heteroatoms. The first kappa shape index (κ1) is 18.1. The molecule has 28 heavy (non-hydrogen) atoms. The lowest BCUT2D eigenvalue weighted by Crippen LogP contribution is -2.24. The molecule has 1 aromatic carbocycles. The smallest absolute Gasteiger partial charge is 0.222 e. The molecule has 2 aromatic heterocycles. The van der Waals surface area contributed by atoms with E-state index in [2.05, 4.69) is 15.3 Å². The minimum atomic E-state index is -0.309. The van der Waals surface area contributed by atoms with E-state index >= 15 is 0 Å². The summed E-state index contributed by atoms with van der Waals surface area (Å²) in [6.07, 6.45) is 0.483. The van der Waals surface area contributed by atoms with E-state index in [4.69, 9.17) is 4.74 Å². The lowest BCUT2D eigenvalue weighted by Gasteiger charge is -2.12. The molecule has 0 spiro atoms. The van der Waals surface area contributed by atoms with Crippen molar-refractivity contribution in [1.82, 2.24) is 24.9 Å². The molecule has 0 atom stereocenters. The minimum Gasteiger partial charge on any atom is -0.471 e. The molecule has 0 radical (unpaired) electrons. The highest BCUT2D eigenvalue weighted by atomic mass is 19.1. The van der Waals surface area contributed by atoms with Crippen molar-refractivity contribution in [1.29, 1.82) is 0 Å². The summed E-state index contributed by atoms with van der Waals surface area (Å²) >= 11 is 0. The molecule has 3 heterocycles. The van der Waals surface area contributed by atoms with E-state index in [0.29, 0.717) is 31.1 Å². The summed E-state index contributed by atoms with van der Waals surface area (Å²) in [5.74, 6) is 0.289. The van der Waals surface area contributed by atoms with Gasteiger partial charge in [-0.1, -0.05) is 12.1 Å². The van der Waals surface area contributed by atoms with Crippen LogP contribution in [0.3, 0.4) is 0 Å². The number of aromatic nitrogens is 4. The standard InChI is InChI=1S/C20H20FN5O2/c1-3-20(27)25-10-14-4-9-19(22-17(14)11-25)28-12-18-13(2)23-24-26(18)16-7-5-15(21)6-8-16/h4-9H,3,10-12H2,1-2H3. The van der Waals surface area contributed by atoms with E-state index in [1.165, 1.54) is 12.1 Å². The van der Waals surface area contributed by atoms with Crippen LogP contribution < -0.4 is 4.74 Å². The zero-order chi connectivity index (χ0) is 19.7. The minimum absolute atomic E-state index is 0.116. The van der Waals surface area contributed by atoms with E-state index in [9.17, 15) is 9.18 Å². The maximum absolute atomic E-state index is 13.2. The lowest BCUT2D eigenvalue weighted by molar-refractivity contribution is -0.131. The highest BCUT2D eigenvalue weighted by Crippen LogP contribution is 2.25. The molecule has 0 aliphatic carbocycles. The third kappa shape index (κ3) is 3.45. The predicted molar refractivity (Wildman–Crippen MR) is 99.2 cm³/mol. The summed E-state index contributed by atoms with van der Waals surface area (Å²) in [4.78, 5) is 18.2. The van der Waals surface area contributed by atoms with Gasteiger partial charge in [-0.2, -0.15) is 0 Å². The third-order valence-corrected chi connectivity index (χ3v) is 4.79. The average molecular weight is 381 g/mol. The van der Waals surface area contributed by atoms with Crippen LogP contribution in [0.1, 0.15) is 36.0 Å². The van der Waals surface area contributed by atoms with Crippen LogP contribution in [0.5, 0.6) is 5.88 Å². The Morgan fingerprint density at radius 1 is 1.18 bits per heavy atom. The molecule has 144 valence electrons. The molecule has 1 aliphatic heterocycles. The van der Waals surface area contributed by atoms with Gasteiger partial charge in [0.25, 0.3) is 0 Å². The summed E-state index contributed by atoms with van der Waals surface area (Å²) in [6, 6.07) is 9.79. The van der Waals surface area contributed by atoms with Gasteiger partial charge < -0.3 is 9.64 Å². The molecule has 1 amide bonds. The highest BCUT2D eigenvalue weighted by Gasteiger charge is 2.24. The maximum atomic E-state index is 13.2. The fourth-order valence-corrected chi connectivity index (χ4v) is 3.19. The first-order valence-electron chi connectivity index (χ1n) is 9.11. The quantitative estimate of drug-likeness (QED) is 0.679. The largest absolute Gasteiger partial charge is 0.471 e. The van der Waals surface area contributed by atoms with Gasteiger partial charge >= 0.3 is 0 Å². The number of nitrogens with zero attached hydrogens (tertiary/aromatic N) is 5. The number of amides is 1. The third-order valence-electron chi connectivity index (χ3n) is 4.79. The van der Waals surface area contributed by atoms with Crippen molar-refractivity contribution in [3.8, 4) is 11.6 Å². The second-order valence-corrected chi connectivity index (χ2v) is 6.66. The fourth-order valence-electron chi connectivity index (χ4n) is 3.19. The number of carbonyl (C=O) groups is 1. The van der Waals surface area contributed by atoms with Crippen molar-refractivity contribution >= 4 is 5.91 Å². The van der Waals surface area contributed by atoms with Crippen LogP contribution in [-0.4, -0.2) is 30.8 Å². The van der Waals surface area contributed by atoms with Gasteiger partial charge in [0.15, 0.2) is 0 Å². The number of rotatable bonds is 5. The van der Waals surface area contributed by atoms with Crippen LogP contribution in [0.15, 0.2) is 36.4 Å². The van der Waals surface area contributed by atoms with E-state index in [-0.39, 0.29) is 18.3 Å². The molecule has 0 saturated carbocycles. The van der Waals surface area contributed by atoms with Crippen molar-refractivity contribution < 1.29 is 13.9 Å². The topological polar surface area (TPSA) is 73.1 Å². The molecule has 0 unspecified atom stereocenters. The van der Waals surface area contributed by atoms with Gasteiger partial charge in [0.05, 0.1) is 23.6 Å². The highest BCUT2D eigenvalue weighted by molar-refractivity contribution is 5.76. The van der Waals surface area contributed by atoms with Gasteiger partial charge in [-0.05, 0) is 42.8 Å². The summed E-state index contributed by atoms with van der Waals surface area (Å²) in [5.41, 5.74) is 4.10. The van der Waals surface area contributed by atoms with Crippen molar-refractivity contribution in [3.05, 3.63) is 64.9 Å². The number of benzene rings is 1. The Morgan fingerprint density at radius 3 is 2.71 bits per heavy atom. The summed E-state index contributed by atoms with van der Waals surface area (Å²) < 4.78 is 20.7. The first-order valence-corrected chi connectivity index (χ1v) is 9.11. The SMILES string of the molecule is CCC(=O)N1Cc2ccc(OCc3c(C)nnn3-c3ccc(F)cc3)nc2C1. The Labute approximate surface area is 161 Å². The Morgan fingerprint density at radius 2 is 1.96 bits per heavy atom. The van der Waals surface area contributed by atoms with Gasteiger partial charge in [-0.25, -0.2) is 14.1 Å². The van der Waals surface area contributed by atoms with Gasteiger partial charge in [0, 0.05) is 19.0 Å². The fraction of sp³-hybridized carbons (Fsp3) is 0.300. The maximum Gasteiger partial charge on any atom is 0.222 e. The van der Waals surface area contributed by atoms with Crippen molar-refractivity contribution in [2.45, 2.75) is 40.0 Å². The number of fused-ring (bicyclic) bond motifs is 1. The number of hydrogen-bond acceptors (Lipinski definition) is 5. The number of ether oxygens (including phenoxy) is 1. The van der Waals surface area contributed by atoms with Gasteiger partial charge in [-0.15, -0.1) is 5.10 Å². The monoisotopic (exact) mass is 381 g/mol. The van der Waals surface area contributed by atoms with Crippen LogP contribution >= 0.6 is 0 Å². The van der Waals surface area contributed by atoms with Crippen LogP contribution in [0.2, 0.25) is 0 Å². The molecule has 1 aliphatic rings. The molecule has 0 saturated heterocycles. The molecule has 0 N–H and O–H groups in total. The zero-order valence-corrected chi connectivity index (χ0v) is 15.7. The Balaban J connectivity index is 1.50. The Bertz CT molecular complexity index is 1020. The number of carbonyl (C=O) groups excluding carboxylic acids is 1. The van der Waals surface area contributed by atoms with Crippen LogP contribution in [0.4, 0.5) is 4.39 Å². The molecule has 4 rings (SSSR count). The molecule has 0 bridgehead atoms. The second-order valence-electron chi connectivity index (χ2n) is 6.66. The van der Waals surface area contributed by atoms with E-state index < -0.39 is 0 Å². The van der Waals surface area contributed by atoms with Gasteiger partial charge in [-0.3, -0.25) is 4.79 Å². The van der Waals surface area contributed by atoms with Crippen molar-refractivity contribution in [2.75, 3.05) is 0 Å². The van der Waals surface area contributed by atoms with Gasteiger partial charge in [0.2, 0.25) is 11.8 Å². The first-order chi connectivity index (χ1) is 13.5. The molecule has 0 fully saturated rings. The Hall–Kier alpha value is -3.29.